The Morgan fingerprint density at radius 2 is 2.15 bits per heavy atom. The molecule has 0 bridgehead atoms. The largest absolute Gasteiger partial charge is 0.481 e. The molecule has 0 unspecified atom stereocenters. The summed E-state index contributed by atoms with van der Waals surface area (Å²) in [5.41, 5.74) is 7.56. The molecule has 1 fully saturated rings. The highest BCUT2D eigenvalue weighted by Crippen LogP contribution is 2.26. The average Bonchev–Trinajstić information content (AvgIpc) is 3.25. The third-order valence-electron chi connectivity index (χ3n) is 5.73. The van der Waals surface area contributed by atoms with Crippen molar-refractivity contribution in [3.05, 3.63) is 56.7 Å². The van der Waals surface area contributed by atoms with Crippen LogP contribution in [0.4, 0.5) is 5.95 Å². The lowest BCUT2D eigenvalue weighted by Crippen LogP contribution is -2.45. The van der Waals surface area contributed by atoms with Crippen molar-refractivity contribution in [2.45, 2.75) is 31.8 Å². The summed E-state index contributed by atoms with van der Waals surface area (Å²) >= 11 is 1.12. The lowest BCUT2D eigenvalue weighted by Gasteiger charge is -2.33. The van der Waals surface area contributed by atoms with Crippen LogP contribution in [-0.2, 0) is 11.3 Å². The summed E-state index contributed by atoms with van der Waals surface area (Å²) < 4.78 is 1.86. The lowest BCUT2D eigenvalue weighted by molar-refractivity contribution is -0.136. The van der Waals surface area contributed by atoms with Gasteiger partial charge in [0.05, 0.1) is 30.2 Å². The molecule has 1 aliphatic rings. The van der Waals surface area contributed by atoms with Crippen LogP contribution < -0.4 is 21.5 Å². The van der Waals surface area contributed by atoms with Gasteiger partial charge in [-0.3, -0.25) is 19.0 Å². The van der Waals surface area contributed by atoms with E-state index < -0.39 is 11.9 Å². The first-order valence-corrected chi connectivity index (χ1v) is 11.8. The van der Waals surface area contributed by atoms with Crippen molar-refractivity contribution in [1.29, 1.82) is 5.26 Å². The number of hydrogen-bond donors (Lipinski definition) is 3. The van der Waals surface area contributed by atoms with Crippen LogP contribution in [0.15, 0.2) is 34.4 Å². The van der Waals surface area contributed by atoms with Crippen molar-refractivity contribution < 1.29 is 14.7 Å². The number of nitrogens with two attached hydrogens (primary N) is 1. The van der Waals surface area contributed by atoms with Gasteiger partial charge in [0.1, 0.15) is 10.2 Å². The van der Waals surface area contributed by atoms with Gasteiger partial charge in [-0.05, 0) is 24.5 Å². The van der Waals surface area contributed by atoms with E-state index in [1.165, 1.54) is 0 Å². The van der Waals surface area contributed by atoms with E-state index in [-0.39, 0.29) is 42.2 Å². The summed E-state index contributed by atoms with van der Waals surface area (Å²) in [6, 6.07) is 9.18. The van der Waals surface area contributed by atoms with Crippen LogP contribution in [0.3, 0.4) is 0 Å². The number of benzene rings is 1. The average molecular weight is 481 g/mol. The molecule has 1 amide bonds. The zero-order valence-electron chi connectivity index (χ0n) is 18.4. The summed E-state index contributed by atoms with van der Waals surface area (Å²) in [4.78, 5) is 43.8. The van der Waals surface area contributed by atoms with Crippen LogP contribution in [0, 0.1) is 11.3 Å². The number of carboxylic acids is 1. The molecule has 0 radical (unpaired) electrons. The van der Waals surface area contributed by atoms with Gasteiger partial charge in [-0.15, -0.1) is 11.3 Å². The second-order valence-electron chi connectivity index (χ2n) is 8.15. The van der Waals surface area contributed by atoms with Gasteiger partial charge in [-0.2, -0.15) is 5.26 Å². The number of nitrogens with zero attached hydrogens (tertiary/aromatic N) is 4. The molecule has 11 heteroatoms. The van der Waals surface area contributed by atoms with E-state index in [1.54, 1.807) is 28.1 Å². The van der Waals surface area contributed by atoms with Crippen molar-refractivity contribution >= 4 is 39.4 Å². The maximum atomic E-state index is 13.6. The molecule has 2 aromatic heterocycles. The van der Waals surface area contributed by atoms with Crippen LogP contribution in [0.25, 0.3) is 10.2 Å². The number of carbonyl (C=O) groups excluding carboxylic acids is 1. The first-order chi connectivity index (χ1) is 16.4. The van der Waals surface area contributed by atoms with Gasteiger partial charge in [-0.25, -0.2) is 4.98 Å². The quantitative estimate of drug-likeness (QED) is 0.460. The number of piperidine rings is 1. The number of carboxylic acid groups (broad SMARTS) is 1. The number of nitriles is 1. The Kier molecular flexibility index (Phi) is 6.90. The molecule has 1 atom stereocenters. The fourth-order valence-electron chi connectivity index (χ4n) is 4.04. The van der Waals surface area contributed by atoms with Gasteiger partial charge in [0.25, 0.3) is 11.5 Å². The van der Waals surface area contributed by atoms with Crippen molar-refractivity contribution in [3.8, 4) is 6.07 Å². The highest BCUT2D eigenvalue weighted by molar-refractivity contribution is 7.17. The van der Waals surface area contributed by atoms with E-state index in [1.807, 2.05) is 11.0 Å². The number of aliphatic carboxylic acids is 1. The van der Waals surface area contributed by atoms with Gasteiger partial charge in [-0.1, -0.05) is 18.2 Å². The molecule has 1 saturated heterocycles. The molecule has 176 valence electrons. The fourth-order valence-corrected chi connectivity index (χ4v) is 4.97. The molecule has 4 rings (SSSR count). The maximum absolute atomic E-state index is 13.6. The zero-order chi connectivity index (χ0) is 24.2. The molecule has 3 aromatic rings. The first kappa shape index (κ1) is 23.4. The number of fused-ring (bicyclic) bond motifs is 1. The van der Waals surface area contributed by atoms with E-state index in [4.69, 9.17) is 15.8 Å². The Balaban J connectivity index is 1.80. The van der Waals surface area contributed by atoms with Gasteiger partial charge in [0.2, 0.25) is 5.95 Å². The number of amides is 1. The maximum Gasteiger partial charge on any atom is 0.305 e. The van der Waals surface area contributed by atoms with Gasteiger partial charge in [0.15, 0.2) is 0 Å². The normalized spacial score (nSPS) is 15.8. The predicted octanol–water partition coefficient (Wildman–Crippen LogP) is 1.51. The first-order valence-electron chi connectivity index (χ1n) is 10.9. The second-order valence-corrected chi connectivity index (χ2v) is 9.03. The fraction of sp³-hybridized carbons (Fsp3) is 0.348. The zero-order valence-corrected chi connectivity index (χ0v) is 19.2. The minimum atomic E-state index is -1.02. The molecular weight excluding hydrogens is 456 g/mol. The molecule has 0 saturated carbocycles. The number of thiophene rings is 1. The molecule has 0 spiro atoms. The van der Waals surface area contributed by atoms with E-state index in [0.717, 1.165) is 24.2 Å². The second kappa shape index (κ2) is 10.0. The Labute approximate surface area is 199 Å². The van der Waals surface area contributed by atoms with Crippen LogP contribution in [0.1, 0.15) is 40.7 Å². The van der Waals surface area contributed by atoms with Crippen molar-refractivity contribution in [2.24, 2.45) is 5.73 Å². The molecule has 3 heterocycles. The molecule has 10 nitrogen and oxygen atoms in total. The monoisotopic (exact) mass is 480 g/mol. The smallest absolute Gasteiger partial charge is 0.305 e. The highest BCUT2D eigenvalue weighted by Gasteiger charge is 2.25. The molecule has 1 aromatic carbocycles. The van der Waals surface area contributed by atoms with Crippen LogP contribution in [0.5, 0.6) is 0 Å². The topological polar surface area (TPSA) is 154 Å². The van der Waals surface area contributed by atoms with E-state index in [2.05, 4.69) is 11.4 Å². The Hall–Kier alpha value is -3.75. The van der Waals surface area contributed by atoms with E-state index in [0.29, 0.717) is 34.9 Å². The summed E-state index contributed by atoms with van der Waals surface area (Å²) in [5, 5.41) is 22.5. The van der Waals surface area contributed by atoms with Crippen molar-refractivity contribution in [3.63, 3.8) is 0 Å². The van der Waals surface area contributed by atoms with E-state index >= 15 is 0 Å². The Morgan fingerprint density at radius 3 is 2.88 bits per heavy atom. The molecule has 0 aliphatic carbocycles. The minimum Gasteiger partial charge on any atom is -0.481 e. The number of hydrogen-bond acceptors (Lipinski definition) is 8. The van der Waals surface area contributed by atoms with E-state index in [9.17, 15) is 19.6 Å². The molecular formula is C23H24N6O4S. The molecule has 34 heavy (non-hydrogen) atoms. The molecule has 4 N–H and O–H groups in total. The minimum absolute atomic E-state index is 0.0264. The Bertz CT molecular complexity index is 1340. The number of nitrogens with one attached hydrogen (secondary N) is 1. The molecule has 1 aliphatic heterocycles. The Morgan fingerprint density at radius 1 is 1.35 bits per heavy atom. The number of rotatable bonds is 7. The van der Waals surface area contributed by atoms with Crippen LogP contribution >= 0.6 is 11.3 Å². The standard InChI is InChI=1S/C23H24N6O4S/c24-10-14-4-1-2-5-15(14)11-29-22(33)20-19(27-23(29)28-9-3-6-16(25)12-28)17(13-34-20)21(32)26-8-7-18(30)31/h1-2,4-5,13,16H,3,6-9,11-12,25H2,(H,26,32)(H,30,31)/t16-/m1/s1. The van der Waals surface area contributed by atoms with Gasteiger partial charge < -0.3 is 21.1 Å². The highest BCUT2D eigenvalue weighted by atomic mass is 32.1. The summed E-state index contributed by atoms with van der Waals surface area (Å²) in [5.74, 6) is -1.09. The summed E-state index contributed by atoms with van der Waals surface area (Å²) in [7, 11) is 0. The van der Waals surface area contributed by atoms with Gasteiger partial charge >= 0.3 is 5.97 Å². The number of carbonyl (C=O) groups is 2. The van der Waals surface area contributed by atoms with Crippen LogP contribution in [-0.4, -0.2) is 52.2 Å². The van der Waals surface area contributed by atoms with Gasteiger partial charge in [0, 0.05) is 31.1 Å². The third kappa shape index (κ3) is 4.78. The summed E-state index contributed by atoms with van der Waals surface area (Å²) in [6.45, 7) is 1.31. The number of aromatic nitrogens is 2. The number of anilines is 1. The lowest BCUT2D eigenvalue weighted by atomic mass is 10.1. The third-order valence-corrected chi connectivity index (χ3v) is 6.69. The summed E-state index contributed by atoms with van der Waals surface area (Å²) in [6.07, 6.45) is 1.51. The van der Waals surface area contributed by atoms with Crippen molar-refractivity contribution in [2.75, 3.05) is 24.5 Å². The predicted molar refractivity (Wildman–Crippen MR) is 128 cm³/mol. The van der Waals surface area contributed by atoms with Crippen molar-refractivity contribution in [1.82, 2.24) is 14.9 Å². The van der Waals surface area contributed by atoms with Crippen LogP contribution in [0.2, 0.25) is 0 Å². The SMILES string of the molecule is N#Cc1ccccc1Cn1c(N2CCC[C@@H](N)C2)nc2c(C(=O)NCCC(=O)O)csc2c1=O.